The van der Waals surface area contributed by atoms with Crippen LogP contribution in [0.5, 0.6) is 0 Å². The molecule has 0 aromatic carbocycles. The van der Waals surface area contributed by atoms with E-state index < -0.39 is 0 Å². The lowest BCUT2D eigenvalue weighted by Crippen LogP contribution is -1.88. The quantitative estimate of drug-likeness (QED) is 0.451. The van der Waals surface area contributed by atoms with E-state index in [1.807, 2.05) is 11.8 Å². The molecule has 2 heteroatoms. The number of hydrogen-bond acceptors (Lipinski definition) is 2. The van der Waals surface area contributed by atoms with Crippen molar-refractivity contribution in [3.05, 3.63) is 0 Å². The highest BCUT2D eigenvalue weighted by Crippen LogP contribution is 2.12. The highest BCUT2D eigenvalue weighted by molar-refractivity contribution is 8.15. The summed E-state index contributed by atoms with van der Waals surface area (Å²) in [5.41, 5.74) is 0. The Morgan fingerprint density at radius 2 is 2.00 bits per heavy atom. The van der Waals surface area contributed by atoms with Gasteiger partial charge in [-0.15, -0.1) is 0 Å². The van der Waals surface area contributed by atoms with Crippen molar-refractivity contribution < 1.29 is 0 Å². The summed E-state index contributed by atoms with van der Waals surface area (Å²) in [5.74, 6) is 2.23. The van der Waals surface area contributed by atoms with Crippen molar-refractivity contribution in [2.45, 2.75) is 26.7 Å². The van der Waals surface area contributed by atoms with E-state index in [0.29, 0.717) is 0 Å². The maximum absolute atomic E-state index is 2.29. The zero-order valence-electron chi connectivity index (χ0n) is 7.22. The van der Waals surface area contributed by atoms with Gasteiger partial charge in [-0.1, -0.05) is 20.3 Å². The number of rotatable bonds is 6. The van der Waals surface area contributed by atoms with E-state index in [2.05, 4.69) is 31.9 Å². The first kappa shape index (κ1) is 10.7. The standard InChI is InChI=1S/C8H18S2/c1-8(2)5-4-6-10-7-9-3/h8H,4-7H2,1-3H3. The second-order valence-corrected chi connectivity index (χ2v) is 5.19. The fourth-order valence-corrected chi connectivity index (χ4v) is 2.24. The van der Waals surface area contributed by atoms with E-state index in [1.165, 1.54) is 23.7 Å². The van der Waals surface area contributed by atoms with Crippen LogP contribution in [-0.2, 0) is 0 Å². The fraction of sp³-hybridized carbons (Fsp3) is 1.00. The molecule has 0 atom stereocenters. The first-order chi connectivity index (χ1) is 4.77. The van der Waals surface area contributed by atoms with Gasteiger partial charge in [0.25, 0.3) is 0 Å². The van der Waals surface area contributed by atoms with Crippen LogP contribution in [0.1, 0.15) is 26.7 Å². The van der Waals surface area contributed by atoms with Gasteiger partial charge in [-0.05, 0) is 24.3 Å². The van der Waals surface area contributed by atoms with Gasteiger partial charge in [0.2, 0.25) is 0 Å². The van der Waals surface area contributed by atoms with Gasteiger partial charge >= 0.3 is 0 Å². The number of thioether (sulfide) groups is 2. The molecule has 0 heterocycles. The molecule has 0 N–H and O–H groups in total. The molecule has 0 nitrogen and oxygen atoms in total. The first-order valence-electron chi connectivity index (χ1n) is 3.84. The van der Waals surface area contributed by atoms with E-state index >= 15 is 0 Å². The summed E-state index contributed by atoms with van der Waals surface area (Å²) in [6, 6.07) is 0. The molecule has 10 heavy (non-hydrogen) atoms. The molecule has 0 rings (SSSR count). The molecule has 0 amide bonds. The molecular formula is C8H18S2. The van der Waals surface area contributed by atoms with Crippen LogP contribution in [0.25, 0.3) is 0 Å². The van der Waals surface area contributed by atoms with E-state index in [4.69, 9.17) is 0 Å². The lowest BCUT2D eigenvalue weighted by molar-refractivity contribution is 0.579. The molecule has 0 aliphatic rings. The van der Waals surface area contributed by atoms with E-state index in [-0.39, 0.29) is 0 Å². The average molecular weight is 178 g/mol. The van der Waals surface area contributed by atoms with Gasteiger partial charge in [-0.3, -0.25) is 0 Å². The highest BCUT2D eigenvalue weighted by atomic mass is 32.2. The van der Waals surface area contributed by atoms with Gasteiger partial charge in [-0.25, -0.2) is 0 Å². The average Bonchev–Trinajstić information content (AvgIpc) is 1.87. The Morgan fingerprint density at radius 1 is 1.30 bits per heavy atom. The summed E-state index contributed by atoms with van der Waals surface area (Å²) in [7, 11) is 0. The molecule has 0 spiro atoms. The summed E-state index contributed by atoms with van der Waals surface area (Å²) in [4.78, 5) is 0. The van der Waals surface area contributed by atoms with Crippen molar-refractivity contribution in [2.75, 3.05) is 17.1 Å². The molecule has 0 saturated carbocycles. The minimum Gasteiger partial charge on any atom is -0.155 e. The Labute approximate surface area is 73.5 Å². The van der Waals surface area contributed by atoms with Gasteiger partial charge in [-0.2, -0.15) is 23.5 Å². The molecule has 0 aromatic rings. The van der Waals surface area contributed by atoms with Crippen LogP contribution in [-0.4, -0.2) is 17.1 Å². The van der Waals surface area contributed by atoms with E-state index in [1.54, 1.807) is 0 Å². The van der Waals surface area contributed by atoms with Gasteiger partial charge in [0.05, 0.1) is 0 Å². The van der Waals surface area contributed by atoms with Gasteiger partial charge in [0.1, 0.15) is 0 Å². The Balaban J connectivity index is 2.77. The van der Waals surface area contributed by atoms with Crippen molar-refractivity contribution in [1.29, 1.82) is 0 Å². The Kier molecular flexibility index (Phi) is 8.35. The van der Waals surface area contributed by atoms with Crippen molar-refractivity contribution in [1.82, 2.24) is 0 Å². The van der Waals surface area contributed by atoms with Crippen LogP contribution >= 0.6 is 23.5 Å². The maximum atomic E-state index is 2.29. The Bertz CT molecular complexity index is 62.3. The molecule has 0 bridgehead atoms. The minimum absolute atomic E-state index is 0.884. The minimum atomic E-state index is 0.884. The fourth-order valence-electron chi connectivity index (χ4n) is 0.736. The molecule has 0 aliphatic carbocycles. The topological polar surface area (TPSA) is 0 Å². The van der Waals surface area contributed by atoms with Gasteiger partial charge in [0.15, 0.2) is 0 Å². The molecule has 0 aliphatic heterocycles. The van der Waals surface area contributed by atoms with Crippen molar-refractivity contribution in [3.8, 4) is 0 Å². The molecular weight excluding hydrogens is 160 g/mol. The van der Waals surface area contributed by atoms with Crippen molar-refractivity contribution in [2.24, 2.45) is 5.92 Å². The SMILES string of the molecule is CSCSCCCC(C)C. The third-order valence-corrected chi connectivity index (χ3v) is 3.46. The lowest BCUT2D eigenvalue weighted by atomic mass is 10.1. The summed E-state index contributed by atoms with van der Waals surface area (Å²) in [6.45, 7) is 4.58. The lowest BCUT2D eigenvalue weighted by Gasteiger charge is -2.02. The monoisotopic (exact) mass is 178 g/mol. The first-order valence-corrected chi connectivity index (χ1v) is 6.39. The summed E-state index contributed by atoms with van der Waals surface area (Å²) < 4.78 is 0. The third-order valence-electron chi connectivity index (χ3n) is 1.27. The maximum Gasteiger partial charge on any atom is 0.0389 e. The van der Waals surface area contributed by atoms with Crippen LogP contribution in [0, 0.1) is 5.92 Å². The van der Waals surface area contributed by atoms with Crippen LogP contribution in [0.4, 0.5) is 0 Å². The normalized spacial score (nSPS) is 10.8. The molecule has 0 aromatic heterocycles. The zero-order valence-corrected chi connectivity index (χ0v) is 8.86. The summed E-state index contributed by atoms with van der Waals surface area (Å²) >= 11 is 3.98. The van der Waals surface area contributed by atoms with Crippen molar-refractivity contribution in [3.63, 3.8) is 0 Å². The van der Waals surface area contributed by atoms with E-state index in [0.717, 1.165) is 5.92 Å². The van der Waals surface area contributed by atoms with Crippen LogP contribution in [0.3, 0.4) is 0 Å². The highest BCUT2D eigenvalue weighted by Gasteiger charge is 1.92. The van der Waals surface area contributed by atoms with Crippen LogP contribution < -0.4 is 0 Å². The Hall–Kier alpha value is 0.700. The second kappa shape index (κ2) is 7.80. The van der Waals surface area contributed by atoms with Gasteiger partial charge < -0.3 is 0 Å². The third kappa shape index (κ3) is 8.70. The largest absolute Gasteiger partial charge is 0.155 e. The molecule has 0 fully saturated rings. The van der Waals surface area contributed by atoms with Gasteiger partial charge in [0, 0.05) is 5.08 Å². The predicted octanol–water partition coefficient (Wildman–Crippen LogP) is 3.48. The number of hydrogen-bond donors (Lipinski definition) is 0. The zero-order chi connectivity index (χ0) is 7.82. The molecule has 0 saturated heterocycles. The predicted molar refractivity (Wildman–Crippen MR) is 54.9 cm³/mol. The molecule has 0 radical (unpaired) electrons. The smallest absolute Gasteiger partial charge is 0.0389 e. The molecule has 62 valence electrons. The van der Waals surface area contributed by atoms with Crippen molar-refractivity contribution >= 4 is 23.5 Å². The summed E-state index contributed by atoms with van der Waals surface area (Å²) in [5, 5.41) is 1.26. The second-order valence-electron chi connectivity index (χ2n) is 2.85. The van der Waals surface area contributed by atoms with Crippen LogP contribution in [0.15, 0.2) is 0 Å². The summed E-state index contributed by atoms with van der Waals surface area (Å²) in [6.07, 6.45) is 4.94. The Morgan fingerprint density at radius 3 is 2.50 bits per heavy atom. The van der Waals surface area contributed by atoms with E-state index in [9.17, 15) is 0 Å². The molecule has 0 unspecified atom stereocenters. The van der Waals surface area contributed by atoms with Crippen LogP contribution in [0.2, 0.25) is 0 Å².